The first-order valence-electron chi connectivity index (χ1n) is 13.2. The molecule has 1 fully saturated rings. The Balaban J connectivity index is 0.00000226. The maximum Gasteiger partial charge on any atom is 0.295 e. The van der Waals surface area contributed by atoms with E-state index in [9.17, 15) is 13.6 Å². The zero-order valence-electron chi connectivity index (χ0n) is 24.0. The Morgan fingerprint density at radius 1 is 1.29 bits per heavy atom. The number of hydrogen-bond acceptors (Lipinski definition) is 8. The number of benzene rings is 1. The number of halogens is 2. The highest BCUT2D eigenvalue weighted by atomic mass is 32.2. The summed E-state index contributed by atoms with van der Waals surface area (Å²) >= 11 is 1.39. The second kappa shape index (κ2) is 14.1. The number of allylic oxidation sites excluding steroid dienone is 2. The lowest BCUT2D eigenvalue weighted by Gasteiger charge is -2.31. The van der Waals surface area contributed by atoms with Crippen LogP contribution in [0, 0.1) is 28.6 Å². The number of methoxy groups -OCH3 is 1. The summed E-state index contributed by atoms with van der Waals surface area (Å²) in [5.41, 5.74) is 0.885. The van der Waals surface area contributed by atoms with E-state index in [1.807, 2.05) is 13.8 Å². The fraction of sp³-hybridized carbons (Fsp3) is 0.414. The smallest absolute Gasteiger partial charge is 0.295 e. The molecular formula is C29H36F2N6O3S. The van der Waals surface area contributed by atoms with Crippen molar-refractivity contribution >= 4 is 40.8 Å². The van der Waals surface area contributed by atoms with E-state index in [0.717, 1.165) is 17.7 Å². The molecule has 2 atom stereocenters. The largest absolute Gasteiger partial charge is 0.495 e. The Kier molecular flexibility index (Phi) is 10.8. The first kappa shape index (κ1) is 31.5. The molecule has 0 saturated heterocycles. The third kappa shape index (κ3) is 8.04. The first-order valence-corrected chi connectivity index (χ1v) is 14.1. The van der Waals surface area contributed by atoms with Gasteiger partial charge >= 0.3 is 0 Å². The summed E-state index contributed by atoms with van der Waals surface area (Å²) in [5, 5.41) is 21.7. The predicted molar refractivity (Wildman–Crippen MR) is 160 cm³/mol. The van der Waals surface area contributed by atoms with Gasteiger partial charge in [0.1, 0.15) is 11.8 Å². The van der Waals surface area contributed by atoms with Crippen LogP contribution in [0.5, 0.6) is 0 Å². The van der Waals surface area contributed by atoms with Gasteiger partial charge in [-0.25, -0.2) is 8.78 Å². The van der Waals surface area contributed by atoms with Crippen LogP contribution < -0.4 is 15.5 Å². The molecule has 0 spiro atoms. The van der Waals surface area contributed by atoms with Gasteiger partial charge in [-0.2, -0.15) is 0 Å². The van der Waals surface area contributed by atoms with Gasteiger partial charge in [0.05, 0.1) is 12.0 Å². The highest BCUT2D eigenvalue weighted by Crippen LogP contribution is 2.35. The molecule has 3 aliphatic rings. The van der Waals surface area contributed by atoms with E-state index in [2.05, 4.69) is 22.5 Å². The van der Waals surface area contributed by atoms with Gasteiger partial charge < -0.3 is 25.0 Å². The maximum absolute atomic E-state index is 13.9. The quantitative estimate of drug-likeness (QED) is 0.207. The van der Waals surface area contributed by atoms with E-state index >= 15 is 0 Å². The minimum atomic E-state index is -2.68. The van der Waals surface area contributed by atoms with Crippen LogP contribution in [0.15, 0.2) is 47.3 Å². The summed E-state index contributed by atoms with van der Waals surface area (Å²) in [6.45, 7) is 5.40. The molecule has 4 N–H and O–H groups in total. The van der Waals surface area contributed by atoms with Crippen molar-refractivity contribution in [1.29, 1.82) is 10.8 Å². The van der Waals surface area contributed by atoms with Crippen LogP contribution in [0.2, 0.25) is 0 Å². The summed E-state index contributed by atoms with van der Waals surface area (Å²) in [7, 11) is 4.52. The summed E-state index contributed by atoms with van der Waals surface area (Å²) in [6, 6.07) is 3.24. The molecule has 0 aromatic heterocycles. The van der Waals surface area contributed by atoms with Gasteiger partial charge in [-0.15, -0.1) is 0 Å². The molecule has 41 heavy (non-hydrogen) atoms. The number of amides is 1. The molecule has 0 bridgehead atoms. The normalized spacial score (nSPS) is 19.2. The number of amidine groups is 1. The van der Waals surface area contributed by atoms with Crippen LogP contribution in [0.25, 0.3) is 5.57 Å². The third-order valence-electron chi connectivity index (χ3n) is 6.20. The molecule has 12 heteroatoms. The van der Waals surface area contributed by atoms with Gasteiger partial charge in [0.15, 0.2) is 11.4 Å². The van der Waals surface area contributed by atoms with Crippen LogP contribution in [-0.4, -0.2) is 61.9 Å². The standard InChI is InChI=1S/C27H30F2N6O3S.C2H6/c1-15(30)38-26(31)35(3)17-8-10-19(25(36)33-27-32-13-18(39-27)9-7-16-5-6-16)20(11-17)21-12-22(24(28)29)34(2)14-23(21)37-4;1-2/h8,10-14,16,22,24,27,30-32H,5-6H2,1-4H3,(H,33,36);1-2H3. The van der Waals surface area contributed by atoms with Gasteiger partial charge in [0, 0.05) is 56.2 Å². The number of carbonyl (C=O) groups excluding carboxylic acids is 1. The molecule has 4 rings (SSSR count). The number of nitrogens with zero attached hydrogens (tertiary/aromatic N) is 2. The van der Waals surface area contributed by atoms with E-state index in [-0.39, 0.29) is 17.5 Å². The first-order chi connectivity index (χ1) is 19.6. The van der Waals surface area contributed by atoms with Crippen molar-refractivity contribution in [1.82, 2.24) is 15.5 Å². The Bertz CT molecular complexity index is 1330. The molecule has 2 unspecified atom stereocenters. The molecule has 1 saturated carbocycles. The molecule has 0 radical (unpaired) electrons. The van der Waals surface area contributed by atoms with Crippen LogP contribution in [0.4, 0.5) is 14.5 Å². The number of nitrogens with one attached hydrogen (secondary N) is 4. The summed E-state index contributed by atoms with van der Waals surface area (Å²) in [6.07, 6.45) is 4.17. The number of carbonyl (C=O) groups is 1. The van der Waals surface area contributed by atoms with Crippen LogP contribution >= 0.6 is 11.8 Å². The minimum Gasteiger partial charge on any atom is -0.495 e. The zero-order chi connectivity index (χ0) is 30.3. The van der Waals surface area contributed by atoms with Crippen molar-refractivity contribution in [2.75, 3.05) is 26.1 Å². The van der Waals surface area contributed by atoms with E-state index in [1.165, 1.54) is 54.9 Å². The van der Waals surface area contributed by atoms with Crippen LogP contribution in [0.3, 0.4) is 0 Å². The van der Waals surface area contributed by atoms with E-state index in [0.29, 0.717) is 28.5 Å². The molecule has 1 aromatic carbocycles. The van der Waals surface area contributed by atoms with Crippen LogP contribution in [-0.2, 0) is 9.47 Å². The van der Waals surface area contributed by atoms with Crippen molar-refractivity contribution in [2.24, 2.45) is 5.92 Å². The SMILES string of the molecule is CC.COC1=CN(C)C(C(F)F)C=C1c1cc(N(C)C(=N)OC(C)=N)ccc1C(=O)NC1NC=C(C#CC2CC2)S1. The lowest BCUT2D eigenvalue weighted by molar-refractivity contribution is 0.0780. The fourth-order valence-corrected chi connectivity index (χ4v) is 4.73. The molecule has 1 amide bonds. The van der Waals surface area contributed by atoms with Crippen LogP contribution in [0.1, 0.15) is 49.5 Å². The number of rotatable bonds is 6. The Hall–Kier alpha value is -3.98. The molecular weight excluding hydrogens is 550 g/mol. The molecule has 220 valence electrons. The highest BCUT2D eigenvalue weighted by molar-refractivity contribution is 8.04. The summed E-state index contributed by atoms with van der Waals surface area (Å²) in [5.74, 6) is 6.48. The number of hydrogen-bond donors (Lipinski definition) is 4. The van der Waals surface area contributed by atoms with E-state index < -0.39 is 23.9 Å². The zero-order valence-corrected chi connectivity index (χ0v) is 24.8. The van der Waals surface area contributed by atoms with Gasteiger partial charge in [0.25, 0.3) is 18.4 Å². The maximum atomic E-state index is 13.9. The van der Waals surface area contributed by atoms with E-state index in [1.54, 1.807) is 31.4 Å². The molecule has 2 aliphatic heterocycles. The number of anilines is 1. The van der Waals surface area contributed by atoms with Crippen molar-refractivity contribution in [3.63, 3.8) is 0 Å². The lowest BCUT2D eigenvalue weighted by atomic mass is 9.93. The highest BCUT2D eigenvalue weighted by Gasteiger charge is 2.31. The van der Waals surface area contributed by atoms with Gasteiger partial charge in [-0.05, 0) is 42.7 Å². The molecule has 9 nitrogen and oxygen atoms in total. The number of thioether (sulfide) groups is 1. The monoisotopic (exact) mass is 586 g/mol. The van der Waals surface area contributed by atoms with Crippen molar-refractivity contribution in [3.8, 4) is 11.8 Å². The van der Waals surface area contributed by atoms with Gasteiger partial charge in [-0.3, -0.25) is 20.5 Å². The van der Waals surface area contributed by atoms with Crippen molar-refractivity contribution < 1.29 is 23.0 Å². The molecule has 1 aliphatic carbocycles. The fourth-order valence-electron chi connectivity index (χ4n) is 3.92. The van der Waals surface area contributed by atoms with Gasteiger partial charge in [-0.1, -0.05) is 37.5 Å². The lowest BCUT2D eigenvalue weighted by Crippen LogP contribution is -2.39. The van der Waals surface area contributed by atoms with Crippen molar-refractivity contribution in [3.05, 3.63) is 58.5 Å². The second-order valence-electron chi connectivity index (χ2n) is 9.21. The molecule has 1 aromatic rings. The topological polar surface area (TPSA) is 114 Å². The predicted octanol–water partition coefficient (Wildman–Crippen LogP) is 5.15. The average Bonchev–Trinajstić information content (AvgIpc) is 3.68. The average molecular weight is 587 g/mol. The number of ether oxygens (including phenoxy) is 2. The second-order valence-corrected chi connectivity index (χ2v) is 10.4. The number of alkyl halides is 2. The van der Waals surface area contributed by atoms with Crippen molar-refractivity contribution in [2.45, 2.75) is 51.6 Å². The third-order valence-corrected chi connectivity index (χ3v) is 7.16. The van der Waals surface area contributed by atoms with E-state index in [4.69, 9.17) is 20.3 Å². The number of likely N-dealkylation sites (N-methyl/N-ethyl adjacent to an activating group) is 1. The van der Waals surface area contributed by atoms with Gasteiger partial charge in [0.2, 0.25) is 0 Å². The molecule has 2 heterocycles. The summed E-state index contributed by atoms with van der Waals surface area (Å²) in [4.78, 5) is 17.1. The Morgan fingerprint density at radius 3 is 2.61 bits per heavy atom. The Morgan fingerprint density at radius 2 is 2.00 bits per heavy atom. The minimum absolute atomic E-state index is 0.165. The summed E-state index contributed by atoms with van der Waals surface area (Å²) < 4.78 is 38.4. The Labute approximate surface area is 244 Å².